The van der Waals surface area contributed by atoms with E-state index in [0.717, 1.165) is 35.1 Å². The Morgan fingerprint density at radius 3 is 2.55 bits per heavy atom. The lowest BCUT2D eigenvalue weighted by atomic mass is 9.69. The monoisotopic (exact) mass is 441 g/mol. The molecule has 2 atom stereocenters. The molecular formula is C29H33N2O2+. The maximum Gasteiger partial charge on any atom is 0.209 e. The Balaban J connectivity index is 1.55. The van der Waals surface area contributed by atoms with E-state index in [-0.39, 0.29) is 11.2 Å². The summed E-state index contributed by atoms with van der Waals surface area (Å²) in [5.74, 6) is 0.113. The highest BCUT2D eigenvalue weighted by Gasteiger charge is 2.50. The van der Waals surface area contributed by atoms with Gasteiger partial charge in [0, 0.05) is 53.8 Å². The Morgan fingerprint density at radius 1 is 1.12 bits per heavy atom. The lowest BCUT2D eigenvalue weighted by Crippen LogP contribution is -2.44. The van der Waals surface area contributed by atoms with Gasteiger partial charge in [0.15, 0.2) is 11.5 Å². The molecule has 2 aliphatic rings. The van der Waals surface area contributed by atoms with Gasteiger partial charge in [0.1, 0.15) is 6.54 Å². The number of aliphatic hydroxyl groups is 1. The van der Waals surface area contributed by atoms with Gasteiger partial charge < -0.3 is 9.67 Å². The van der Waals surface area contributed by atoms with E-state index in [4.69, 9.17) is 0 Å². The van der Waals surface area contributed by atoms with E-state index in [9.17, 15) is 9.90 Å². The van der Waals surface area contributed by atoms with Gasteiger partial charge in [0.05, 0.1) is 17.4 Å². The van der Waals surface area contributed by atoms with Crippen molar-refractivity contribution in [2.45, 2.75) is 51.6 Å². The second kappa shape index (κ2) is 7.81. The Kier molecular flexibility index (Phi) is 5.17. The van der Waals surface area contributed by atoms with Gasteiger partial charge in [-0.2, -0.15) is 4.58 Å². The molecule has 4 nitrogen and oxygen atoms in total. The normalized spacial score (nSPS) is 23.0. The quantitative estimate of drug-likeness (QED) is 0.434. The predicted molar refractivity (Wildman–Crippen MR) is 133 cm³/mol. The highest BCUT2D eigenvalue weighted by atomic mass is 16.3. The number of carbonyl (C=O) groups excluding carboxylic acids is 1. The summed E-state index contributed by atoms with van der Waals surface area (Å²) < 4.78 is 4.39. The van der Waals surface area contributed by atoms with Crippen LogP contribution in [0.15, 0.2) is 66.4 Å². The number of ketones is 1. The minimum absolute atomic E-state index is 0.0296. The zero-order valence-electron chi connectivity index (χ0n) is 20.2. The first kappa shape index (κ1) is 21.8. The molecule has 1 aromatic heterocycles. The molecule has 2 unspecified atom stereocenters. The minimum atomic E-state index is -0.790. The van der Waals surface area contributed by atoms with Crippen LogP contribution in [-0.4, -0.2) is 38.4 Å². The molecule has 2 aromatic carbocycles. The van der Waals surface area contributed by atoms with Gasteiger partial charge in [-0.15, -0.1) is 0 Å². The van der Waals surface area contributed by atoms with Gasteiger partial charge in [0.25, 0.3) is 0 Å². The number of aryl methyl sites for hydroxylation is 1. The minimum Gasteiger partial charge on any atom is -0.387 e. The standard InChI is InChI=1S/C29H33N2O2/c1-18(2)14-15-31-24-13-9-7-11-22(24)29(3,4)25(31)16-20-27(32)26(28(20)33)21-17-30(5)23-12-8-6-10-19(21)23/h6-13,16-18,26-27,32H,14-15H2,1-5H3/q+1. The fraction of sp³-hybridized carbons (Fsp3) is 0.379. The second-order valence-corrected chi connectivity index (χ2v) is 10.5. The van der Waals surface area contributed by atoms with Crippen molar-refractivity contribution in [1.29, 1.82) is 0 Å². The van der Waals surface area contributed by atoms with Gasteiger partial charge >= 0.3 is 0 Å². The van der Waals surface area contributed by atoms with E-state index in [2.05, 4.69) is 56.5 Å². The van der Waals surface area contributed by atoms with Crippen LogP contribution in [0.25, 0.3) is 10.9 Å². The number of hydrogen-bond donors (Lipinski definition) is 1. The van der Waals surface area contributed by atoms with Crippen LogP contribution in [0.2, 0.25) is 0 Å². The van der Waals surface area contributed by atoms with E-state index in [0.29, 0.717) is 11.5 Å². The highest BCUT2D eigenvalue weighted by Crippen LogP contribution is 2.44. The molecule has 1 aliphatic carbocycles. The summed E-state index contributed by atoms with van der Waals surface area (Å²) >= 11 is 0. The van der Waals surface area contributed by atoms with Crippen LogP contribution in [0.1, 0.15) is 51.2 Å². The van der Waals surface area contributed by atoms with E-state index in [1.807, 2.05) is 48.2 Å². The van der Waals surface area contributed by atoms with Crippen molar-refractivity contribution in [3.63, 3.8) is 0 Å². The summed E-state index contributed by atoms with van der Waals surface area (Å²) in [6.45, 7) is 9.80. The molecule has 0 bridgehead atoms. The SMILES string of the molecule is CC(C)CC[N+]1=C(C=C2C(=O)C(c3cn(C)c4ccccc34)C2O)C(C)(C)c2ccccc21. The first-order chi connectivity index (χ1) is 15.7. The van der Waals surface area contributed by atoms with Crippen molar-refractivity contribution in [1.82, 2.24) is 4.57 Å². The molecule has 1 N–H and O–H groups in total. The molecule has 0 amide bonds. The summed E-state index contributed by atoms with van der Waals surface area (Å²) in [6.07, 6.45) is 4.24. The molecule has 0 saturated heterocycles. The van der Waals surface area contributed by atoms with Gasteiger partial charge in [-0.3, -0.25) is 4.79 Å². The molecular weight excluding hydrogens is 408 g/mol. The zero-order valence-corrected chi connectivity index (χ0v) is 20.2. The number of aromatic nitrogens is 1. The number of nitrogens with zero attached hydrogens (tertiary/aromatic N) is 2. The van der Waals surface area contributed by atoms with Gasteiger partial charge in [-0.05, 0) is 31.4 Å². The predicted octanol–water partition coefficient (Wildman–Crippen LogP) is 5.25. The van der Waals surface area contributed by atoms with E-state index in [1.165, 1.54) is 11.3 Å². The van der Waals surface area contributed by atoms with Crippen molar-refractivity contribution in [3.8, 4) is 0 Å². The lowest BCUT2D eigenvalue weighted by molar-refractivity contribution is -0.439. The second-order valence-electron chi connectivity index (χ2n) is 10.5. The Labute approximate surface area is 195 Å². The van der Waals surface area contributed by atoms with Crippen molar-refractivity contribution < 1.29 is 14.5 Å². The number of hydrogen-bond acceptors (Lipinski definition) is 2. The third-order valence-corrected chi connectivity index (χ3v) is 7.49. The van der Waals surface area contributed by atoms with E-state index in [1.54, 1.807) is 0 Å². The van der Waals surface area contributed by atoms with E-state index >= 15 is 0 Å². The van der Waals surface area contributed by atoms with Crippen LogP contribution in [-0.2, 0) is 17.3 Å². The summed E-state index contributed by atoms with van der Waals surface area (Å²) in [5.41, 5.74) is 5.87. The van der Waals surface area contributed by atoms with Crippen LogP contribution < -0.4 is 0 Å². The molecule has 0 spiro atoms. The van der Waals surface area contributed by atoms with Crippen molar-refractivity contribution in [2.24, 2.45) is 13.0 Å². The third kappa shape index (κ3) is 3.31. The number of benzene rings is 2. The number of para-hydroxylation sites is 2. The van der Waals surface area contributed by atoms with Crippen LogP contribution in [0.5, 0.6) is 0 Å². The Bertz CT molecular complexity index is 1320. The first-order valence-electron chi connectivity index (χ1n) is 11.9. The van der Waals surface area contributed by atoms with Crippen LogP contribution >= 0.6 is 0 Å². The van der Waals surface area contributed by atoms with Gasteiger partial charge in [0.2, 0.25) is 5.69 Å². The number of fused-ring (bicyclic) bond motifs is 2. The third-order valence-electron chi connectivity index (χ3n) is 7.49. The largest absolute Gasteiger partial charge is 0.387 e. The van der Waals surface area contributed by atoms with Crippen molar-refractivity contribution >= 4 is 28.1 Å². The average molecular weight is 442 g/mol. The number of Topliss-reactive ketones (excluding diaryl/α,β-unsaturated/α-hetero) is 1. The van der Waals surface area contributed by atoms with Gasteiger partial charge in [-0.25, -0.2) is 0 Å². The Hall–Kier alpha value is -2.98. The smallest absolute Gasteiger partial charge is 0.209 e. The summed E-state index contributed by atoms with van der Waals surface area (Å²) in [7, 11) is 1.98. The fourth-order valence-corrected chi connectivity index (χ4v) is 5.52. The molecule has 0 radical (unpaired) electrons. The molecule has 1 aliphatic heterocycles. The van der Waals surface area contributed by atoms with Crippen LogP contribution in [0.4, 0.5) is 5.69 Å². The number of aliphatic hydroxyl groups excluding tert-OH is 1. The maximum atomic E-state index is 13.4. The number of rotatable bonds is 5. The summed E-state index contributed by atoms with van der Waals surface area (Å²) in [6, 6.07) is 16.6. The number of allylic oxidation sites excluding steroid dienone is 1. The molecule has 4 heteroatoms. The van der Waals surface area contributed by atoms with Gasteiger partial charge in [-0.1, -0.05) is 50.2 Å². The summed E-state index contributed by atoms with van der Waals surface area (Å²) in [4.78, 5) is 13.4. The Morgan fingerprint density at radius 2 is 1.82 bits per heavy atom. The van der Waals surface area contributed by atoms with Crippen LogP contribution in [0.3, 0.4) is 0 Å². The molecule has 5 rings (SSSR count). The summed E-state index contributed by atoms with van der Waals surface area (Å²) in [5, 5.41) is 12.2. The highest BCUT2D eigenvalue weighted by molar-refractivity contribution is 6.16. The van der Waals surface area contributed by atoms with Crippen LogP contribution in [0, 0.1) is 5.92 Å². The number of carbonyl (C=O) groups is 1. The molecule has 3 aromatic rings. The topological polar surface area (TPSA) is 45.2 Å². The average Bonchev–Trinajstić information content (AvgIpc) is 3.22. The van der Waals surface area contributed by atoms with Crippen molar-refractivity contribution in [3.05, 3.63) is 77.5 Å². The lowest BCUT2D eigenvalue weighted by Gasteiger charge is -2.34. The molecule has 1 fully saturated rings. The molecule has 1 saturated carbocycles. The van der Waals surface area contributed by atoms with Crippen molar-refractivity contribution in [2.75, 3.05) is 6.54 Å². The molecule has 170 valence electrons. The maximum absolute atomic E-state index is 13.4. The zero-order chi connectivity index (χ0) is 23.5. The molecule has 2 heterocycles. The van der Waals surface area contributed by atoms with E-state index < -0.39 is 12.0 Å². The molecule has 33 heavy (non-hydrogen) atoms. The fourth-order valence-electron chi connectivity index (χ4n) is 5.52. The first-order valence-corrected chi connectivity index (χ1v) is 11.9.